The van der Waals surface area contributed by atoms with Crippen molar-refractivity contribution in [3.63, 3.8) is 0 Å². The molecular formula is H3AlCo2Li2MnNi2O. The van der Waals surface area contributed by atoms with E-state index in [0.29, 0.717) is 16.2 Å². The minimum atomic E-state index is 0. The second-order valence-corrected chi connectivity index (χ2v) is 0. The summed E-state index contributed by atoms with van der Waals surface area (Å²) in [4.78, 5) is 0. The Labute approximate surface area is 139 Å². The van der Waals surface area contributed by atoms with Gasteiger partial charge in [-0.05, 0) is 0 Å². The third kappa shape index (κ3) is 74.3. The molecule has 3 radical (unpaired) electrons. The Morgan fingerprint density at radius 2 is 0.778 bits per heavy atom. The molecule has 0 bridgehead atoms. The minimum absolute atomic E-state index is 0. The molecule has 0 rings (SSSR count). The molecule has 0 saturated carbocycles. The standard InChI is InChI=1S/Al.2Co.2Li.Mn.2Ni.O.3H. The monoisotopic (exact) mass is 349 g/mol. The zero-order valence-electron chi connectivity index (χ0n) is 2.79. The van der Waals surface area contributed by atoms with Crippen LogP contribution in [-0.4, -0.2) is 53.9 Å². The van der Waals surface area contributed by atoms with E-state index in [1.807, 2.05) is 0 Å². The molecule has 9 heavy (non-hydrogen) atoms. The Morgan fingerprint density at radius 1 is 0.778 bits per heavy atom. The van der Waals surface area contributed by atoms with Crippen LogP contribution in [0.4, 0.5) is 0 Å². The van der Waals surface area contributed by atoms with Crippen LogP contribution in [0.15, 0.2) is 0 Å². The van der Waals surface area contributed by atoms with Crippen LogP contribution in [0, 0.1) is 0 Å². The van der Waals surface area contributed by atoms with Gasteiger partial charge < -0.3 is 0 Å². The molecule has 0 N–H and O–H groups in total. The van der Waals surface area contributed by atoms with Crippen LogP contribution in [0.1, 0.15) is 0 Å². The first-order valence-electron chi connectivity index (χ1n) is 0.289. The Balaban J connectivity index is -0.000000000238. The molecule has 0 spiro atoms. The zero-order valence-corrected chi connectivity index (χ0v) is 9.44. The first-order valence-corrected chi connectivity index (χ1v) is 0.866. The van der Waals surface area contributed by atoms with Crippen LogP contribution in [0.25, 0.3) is 0 Å². The SMILES string of the molecule is [Co].[Co].[LiH].[LiH].[Mn].[Ni].[Ni].[O]=[AlH]. The van der Waals surface area contributed by atoms with Gasteiger partial charge in [-0.3, -0.25) is 0 Å². The Bertz CT molecular complexity index is 22.5. The summed E-state index contributed by atoms with van der Waals surface area (Å²) in [5.74, 6) is 0. The Kier molecular flexibility index (Phi) is 741. The predicted octanol–water partition coefficient (Wildman–Crippen LogP) is -2.08. The van der Waals surface area contributed by atoms with E-state index in [1.54, 1.807) is 0 Å². The molecule has 0 aliphatic carbocycles. The van der Waals surface area contributed by atoms with Crippen molar-refractivity contribution in [2.75, 3.05) is 0 Å². The van der Waals surface area contributed by atoms with Crippen molar-refractivity contribution >= 4 is 53.9 Å². The molecular weight excluding hydrogens is 347 g/mol. The summed E-state index contributed by atoms with van der Waals surface area (Å²) in [7, 11) is 0. The quantitative estimate of drug-likeness (QED) is 0.459. The van der Waals surface area contributed by atoms with Gasteiger partial charge in [0, 0.05) is 83.6 Å². The summed E-state index contributed by atoms with van der Waals surface area (Å²) in [5, 5.41) is 0. The van der Waals surface area contributed by atoms with Gasteiger partial charge in [-0.1, -0.05) is 0 Å². The number of hydrogen-bond donors (Lipinski definition) is 0. The summed E-state index contributed by atoms with van der Waals surface area (Å²) in [6.07, 6.45) is 0. The second kappa shape index (κ2) is 89.8. The van der Waals surface area contributed by atoms with E-state index in [0.717, 1.165) is 0 Å². The van der Waals surface area contributed by atoms with Crippen molar-refractivity contribution < 1.29 is 87.4 Å². The molecule has 0 amide bonds. The maximum atomic E-state index is 8.28. The normalized spacial score (nSPS) is 0.333. The molecule has 0 aromatic heterocycles. The van der Waals surface area contributed by atoms with Gasteiger partial charge in [0.15, 0.2) is 0 Å². The van der Waals surface area contributed by atoms with Crippen molar-refractivity contribution in [1.82, 2.24) is 0 Å². The van der Waals surface area contributed by atoms with E-state index < -0.39 is 0 Å². The van der Waals surface area contributed by atoms with E-state index >= 15 is 0 Å². The topological polar surface area (TPSA) is 17.1 Å². The summed E-state index contributed by atoms with van der Waals surface area (Å²) in [5.41, 5.74) is 0. The Morgan fingerprint density at radius 3 is 0.778 bits per heavy atom. The van der Waals surface area contributed by atoms with E-state index in [4.69, 9.17) is 3.80 Å². The molecule has 0 aromatic rings. The molecule has 0 unspecified atom stereocenters. The number of rotatable bonds is 0. The van der Waals surface area contributed by atoms with Gasteiger partial charge in [0.25, 0.3) is 0 Å². The average Bonchev–Trinajstić information content (AvgIpc) is 1.00. The van der Waals surface area contributed by atoms with E-state index in [2.05, 4.69) is 0 Å². The molecule has 1 nitrogen and oxygen atoms in total. The van der Waals surface area contributed by atoms with Gasteiger partial charge in [0.2, 0.25) is 0 Å². The van der Waals surface area contributed by atoms with Crippen molar-refractivity contribution in [3.8, 4) is 0 Å². The molecule has 0 aliphatic heterocycles. The van der Waals surface area contributed by atoms with E-state index in [9.17, 15) is 0 Å². The molecule has 0 heterocycles. The predicted molar refractivity (Wildman–Crippen MR) is 22.1 cm³/mol. The first-order chi connectivity index (χ1) is 1.00. The third-order valence-corrected chi connectivity index (χ3v) is 0. The molecule has 0 aliphatic rings. The fourth-order valence-corrected chi connectivity index (χ4v) is 0. The summed E-state index contributed by atoms with van der Waals surface area (Å²) < 4.78 is 8.28. The van der Waals surface area contributed by atoms with Crippen molar-refractivity contribution in [3.05, 3.63) is 0 Å². The number of hydrogen-bond acceptors (Lipinski definition) is 1. The van der Waals surface area contributed by atoms with Crippen LogP contribution >= 0.6 is 0 Å². The van der Waals surface area contributed by atoms with Crippen LogP contribution in [0.5, 0.6) is 0 Å². The van der Waals surface area contributed by atoms with Gasteiger partial charge in [-0.15, -0.1) is 0 Å². The van der Waals surface area contributed by atoms with Crippen molar-refractivity contribution in [2.24, 2.45) is 0 Å². The molecule has 59 valence electrons. The maximum absolute atomic E-state index is 8.28. The van der Waals surface area contributed by atoms with Crippen LogP contribution in [0.2, 0.25) is 0 Å². The molecule has 9 heteroatoms. The second-order valence-electron chi connectivity index (χ2n) is 0. The molecule has 0 saturated heterocycles. The van der Waals surface area contributed by atoms with Crippen LogP contribution < -0.4 is 0 Å². The average molecular weight is 350 g/mol. The zero-order chi connectivity index (χ0) is 2.00. The molecule has 0 aromatic carbocycles. The van der Waals surface area contributed by atoms with E-state index in [-0.39, 0.29) is 121 Å². The summed E-state index contributed by atoms with van der Waals surface area (Å²) >= 11 is 0.611. The molecule has 0 atom stereocenters. The molecule has 0 fully saturated rings. The fourth-order valence-electron chi connectivity index (χ4n) is 0. The van der Waals surface area contributed by atoms with E-state index in [1.165, 1.54) is 0 Å². The van der Waals surface area contributed by atoms with Gasteiger partial charge in [-0.2, -0.15) is 0 Å². The first kappa shape index (κ1) is 74.3. The van der Waals surface area contributed by atoms with Crippen molar-refractivity contribution in [2.45, 2.75) is 0 Å². The van der Waals surface area contributed by atoms with Crippen molar-refractivity contribution in [1.29, 1.82) is 0 Å². The van der Waals surface area contributed by atoms with Gasteiger partial charge in [-0.25, -0.2) is 0 Å². The van der Waals surface area contributed by atoms with Gasteiger partial charge in [0.05, 0.1) is 0 Å². The van der Waals surface area contributed by atoms with Crippen LogP contribution in [-0.2, 0) is 87.4 Å². The van der Waals surface area contributed by atoms with Gasteiger partial charge >= 0.3 is 57.7 Å². The summed E-state index contributed by atoms with van der Waals surface area (Å²) in [6, 6.07) is 0. The summed E-state index contributed by atoms with van der Waals surface area (Å²) in [6.45, 7) is 0. The van der Waals surface area contributed by atoms with Gasteiger partial charge in [0.1, 0.15) is 0 Å². The fraction of sp³-hybridized carbons (Fsp3) is 0. The third-order valence-electron chi connectivity index (χ3n) is 0. The van der Waals surface area contributed by atoms with Crippen LogP contribution in [0.3, 0.4) is 0 Å². The Hall–Kier alpha value is 4.05.